The molecule has 0 aromatic heterocycles. The Morgan fingerprint density at radius 1 is 0.854 bits per heavy atom. The van der Waals surface area contributed by atoms with Crippen LogP contribution in [0, 0.1) is 5.92 Å². The van der Waals surface area contributed by atoms with Gasteiger partial charge in [-0.05, 0) is 72.7 Å². The molecule has 1 heterocycles. The summed E-state index contributed by atoms with van der Waals surface area (Å²) < 4.78 is 62.1. The molecule has 4 aromatic rings. The van der Waals surface area contributed by atoms with Gasteiger partial charge in [0.15, 0.2) is 0 Å². The van der Waals surface area contributed by atoms with Crippen LogP contribution in [-0.4, -0.2) is 47.2 Å². The minimum Gasteiger partial charge on any atom is -0.496 e. The van der Waals surface area contributed by atoms with Gasteiger partial charge in [-0.2, -0.15) is 4.31 Å². The number of carbonyl (C=O) groups is 1. The van der Waals surface area contributed by atoms with Gasteiger partial charge in [0, 0.05) is 24.2 Å². The first-order valence-electron chi connectivity index (χ1n) is 13.2. The number of nitrogens with one attached hydrogen (secondary N) is 2. The smallest absolute Gasteiger partial charge is 0.261 e. The van der Waals surface area contributed by atoms with E-state index in [2.05, 4.69) is 17.0 Å². The maximum Gasteiger partial charge on any atom is 0.261 e. The molecule has 1 amide bonds. The lowest BCUT2D eigenvalue weighted by Gasteiger charge is -2.29. The van der Waals surface area contributed by atoms with Crippen LogP contribution in [0.2, 0.25) is 0 Å². The number of rotatable bonds is 8. The highest BCUT2D eigenvalue weighted by molar-refractivity contribution is 7.92. The van der Waals surface area contributed by atoms with Crippen molar-refractivity contribution in [2.75, 3.05) is 30.2 Å². The van der Waals surface area contributed by atoms with Crippen LogP contribution in [0.4, 0.5) is 11.4 Å². The minimum atomic E-state index is -3.90. The van der Waals surface area contributed by atoms with Crippen molar-refractivity contribution in [1.29, 1.82) is 0 Å². The van der Waals surface area contributed by atoms with E-state index in [-0.39, 0.29) is 21.1 Å². The van der Waals surface area contributed by atoms with Crippen LogP contribution in [-0.2, 0) is 20.0 Å². The number of carbonyl (C=O) groups excluding carboxylic acids is 1. The van der Waals surface area contributed by atoms with Crippen LogP contribution in [0.15, 0.2) is 94.7 Å². The first-order chi connectivity index (χ1) is 19.6. The van der Waals surface area contributed by atoms with E-state index in [0.717, 1.165) is 23.6 Å². The number of piperidine rings is 1. The molecule has 1 fully saturated rings. The van der Waals surface area contributed by atoms with Crippen LogP contribution >= 0.6 is 0 Å². The molecule has 0 atom stereocenters. The number of sulfonamides is 2. The van der Waals surface area contributed by atoms with Gasteiger partial charge in [0.05, 0.1) is 28.2 Å². The molecule has 9 nitrogen and oxygen atoms in total. The highest BCUT2D eigenvalue weighted by atomic mass is 32.2. The number of methoxy groups -OCH3 is 1. The number of benzene rings is 4. The molecule has 0 radical (unpaired) electrons. The number of ether oxygens (including phenoxy) is 1. The molecule has 0 saturated carbocycles. The monoisotopic (exact) mass is 593 g/mol. The molecule has 1 aliphatic heterocycles. The number of fused-ring (bicyclic) bond motifs is 1. The Morgan fingerprint density at radius 3 is 2.22 bits per heavy atom. The minimum absolute atomic E-state index is 0.0129. The van der Waals surface area contributed by atoms with Gasteiger partial charge in [0.2, 0.25) is 10.0 Å². The third-order valence-corrected chi connectivity index (χ3v) is 10.5. The average Bonchev–Trinajstić information content (AvgIpc) is 2.97. The maximum atomic E-state index is 13.3. The summed E-state index contributed by atoms with van der Waals surface area (Å²) in [7, 11) is -6.28. The van der Waals surface area contributed by atoms with Crippen molar-refractivity contribution in [2.45, 2.75) is 29.6 Å². The Hall–Kier alpha value is -3.93. The van der Waals surface area contributed by atoms with Crippen LogP contribution < -0.4 is 14.8 Å². The molecule has 5 rings (SSSR count). The summed E-state index contributed by atoms with van der Waals surface area (Å²) in [5.74, 6) is 0.0943. The fraction of sp³-hybridized carbons (Fsp3) is 0.233. The Bertz CT molecular complexity index is 1790. The van der Waals surface area contributed by atoms with E-state index in [1.165, 1.54) is 53.9 Å². The van der Waals surface area contributed by atoms with Gasteiger partial charge >= 0.3 is 0 Å². The summed E-state index contributed by atoms with van der Waals surface area (Å²) in [6, 6.07) is 22.8. The first kappa shape index (κ1) is 28.6. The molecule has 0 bridgehead atoms. The zero-order valence-corrected chi connectivity index (χ0v) is 24.3. The lowest BCUT2D eigenvalue weighted by molar-refractivity contribution is 0.102. The number of hydrogen-bond donors (Lipinski definition) is 2. The van der Waals surface area contributed by atoms with E-state index >= 15 is 0 Å². The van der Waals surface area contributed by atoms with E-state index in [9.17, 15) is 21.6 Å². The maximum absolute atomic E-state index is 13.3. The second-order valence-corrected chi connectivity index (χ2v) is 13.7. The molecule has 41 heavy (non-hydrogen) atoms. The molecule has 0 unspecified atom stereocenters. The summed E-state index contributed by atoms with van der Waals surface area (Å²) in [5, 5.41) is 4.39. The predicted octanol–water partition coefficient (Wildman–Crippen LogP) is 5.32. The van der Waals surface area contributed by atoms with E-state index in [0.29, 0.717) is 30.4 Å². The number of hydrogen-bond acceptors (Lipinski definition) is 6. The third kappa shape index (κ3) is 6.07. The molecular weight excluding hydrogens is 562 g/mol. The molecular formula is C30H31N3O6S2. The fourth-order valence-electron chi connectivity index (χ4n) is 4.83. The number of amides is 1. The number of nitrogens with zero attached hydrogens (tertiary/aromatic N) is 1. The van der Waals surface area contributed by atoms with Gasteiger partial charge in [-0.15, -0.1) is 0 Å². The molecule has 2 N–H and O–H groups in total. The lowest BCUT2D eigenvalue weighted by atomic mass is 10.0. The van der Waals surface area contributed by atoms with Gasteiger partial charge in [0.1, 0.15) is 5.75 Å². The zero-order valence-electron chi connectivity index (χ0n) is 22.7. The van der Waals surface area contributed by atoms with Crippen LogP contribution in [0.1, 0.15) is 30.1 Å². The summed E-state index contributed by atoms with van der Waals surface area (Å²) in [6.07, 6.45) is 1.57. The second kappa shape index (κ2) is 11.5. The van der Waals surface area contributed by atoms with Crippen LogP contribution in [0.3, 0.4) is 0 Å². The van der Waals surface area contributed by atoms with Gasteiger partial charge in [-0.3, -0.25) is 9.52 Å². The van der Waals surface area contributed by atoms with Crippen molar-refractivity contribution in [3.8, 4) is 5.75 Å². The van der Waals surface area contributed by atoms with E-state index in [1.54, 1.807) is 12.1 Å². The van der Waals surface area contributed by atoms with Gasteiger partial charge < -0.3 is 10.1 Å². The summed E-state index contributed by atoms with van der Waals surface area (Å²) in [5.41, 5.74) is 0.842. The summed E-state index contributed by atoms with van der Waals surface area (Å²) in [4.78, 5) is 13.2. The first-order valence-corrected chi connectivity index (χ1v) is 16.1. The zero-order chi connectivity index (χ0) is 29.2. The average molecular weight is 594 g/mol. The molecule has 11 heteroatoms. The van der Waals surface area contributed by atoms with Crippen LogP contribution in [0.5, 0.6) is 5.75 Å². The van der Waals surface area contributed by atoms with Crippen molar-refractivity contribution in [3.05, 3.63) is 90.5 Å². The molecule has 0 aliphatic carbocycles. The molecule has 1 aliphatic rings. The third-order valence-electron chi connectivity index (χ3n) is 7.25. The Morgan fingerprint density at radius 2 is 1.51 bits per heavy atom. The standard InChI is InChI=1S/C30H31N3O6S2/c1-21-16-18-33(19-17-21)41(37,38)25-14-15-29(39-2)27(20-25)30(34)31-23-10-12-24(13-11-23)40(35,36)32-28-9-5-7-22-6-3-4-8-26(22)28/h3-15,20-21,32H,16-19H2,1-2H3,(H,31,34). The van der Waals surface area contributed by atoms with E-state index in [1.807, 2.05) is 30.3 Å². The normalized spacial score (nSPS) is 15.0. The Kier molecular flexibility index (Phi) is 8.03. The lowest BCUT2D eigenvalue weighted by Crippen LogP contribution is -2.37. The van der Waals surface area contributed by atoms with E-state index < -0.39 is 26.0 Å². The molecule has 1 saturated heterocycles. The van der Waals surface area contributed by atoms with E-state index in [4.69, 9.17) is 4.74 Å². The van der Waals surface area contributed by atoms with Crippen molar-refractivity contribution in [2.24, 2.45) is 5.92 Å². The largest absolute Gasteiger partial charge is 0.496 e. The SMILES string of the molecule is COc1ccc(S(=O)(=O)N2CCC(C)CC2)cc1C(=O)Nc1ccc(S(=O)(=O)Nc2cccc3ccccc23)cc1. The highest BCUT2D eigenvalue weighted by Crippen LogP contribution is 2.29. The van der Waals surface area contributed by atoms with Gasteiger partial charge in [-0.25, -0.2) is 16.8 Å². The molecule has 0 spiro atoms. The number of anilines is 2. The Labute approximate surface area is 240 Å². The van der Waals surface area contributed by atoms with Gasteiger partial charge in [-0.1, -0.05) is 43.3 Å². The predicted molar refractivity (Wildman–Crippen MR) is 159 cm³/mol. The topological polar surface area (TPSA) is 122 Å². The van der Waals surface area contributed by atoms with Crippen molar-refractivity contribution < 1.29 is 26.4 Å². The fourth-order valence-corrected chi connectivity index (χ4v) is 7.41. The molecule has 4 aromatic carbocycles. The van der Waals surface area contributed by atoms with Crippen molar-refractivity contribution in [3.63, 3.8) is 0 Å². The highest BCUT2D eigenvalue weighted by Gasteiger charge is 2.29. The summed E-state index contributed by atoms with van der Waals surface area (Å²) >= 11 is 0. The second-order valence-electron chi connectivity index (χ2n) is 10.1. The van der Waals surface area contributed by atoms with Crippen LogP contribution in [0.25, 0.3) is 10.8 Å². The Balaban J connectivity index is 1.34. The van der Waals surface area contributed by atoms with Gasteiger partial charge in [0.25, 0.3) is 15.9 Å². The quantitative estimate of drug-likeness (QED) is 0.285. The summed E-state index contributed by atoms with van der Waals surface area (Å²) in [6.45, 7) is 2.96. The van der Waals surface area contributed by atoms with Crippen molar-refractivity contribution >= 4 is 48.1 Å². The molecule has 214 valence electrons. The van der Waals surface area contributed by atoms with Crippen molar-refractivity contribution in [1.82, 2.24) is 4.31 Å².